The molecule has 33 heavy (non-hydrogen) atoms. The van der Waals surface area contributed by atoms with Crippen LogP contribution in [-0.2, 0) is 15.7 Å². The van der Waals surface area contributed by atoms with Crippen molar-refractivity contribution in [3.8, 4) is 6.07 Å². The molecule has 0 N–H and O–H groups in total. The van der Waals surface area contributed by atoms with Crippen molar-refractivity contribution < 1.29 is 22.7 Å². The Balaban J connectivity index is 1.93. The molecule has 0 saturated carbocycles. The number of halogens is 3. The summed E-state index contributed by atoms with van der Waals surface area (Å²) >= 11 is 0. The number of benzene rings is 2. The highest BCUT2D eigenvalue weighted by Crippen LogP contribution is 2.43. The number of nitrogens with zero attached hydrogens (tertiary/aromatic N) is 5. The van der Waals surface area contributed by atoms with Crippen LogP contribution in [0.15, 0.2) is 66.1 Å². The molecule has 3 aromatic rings. The smallest absolute Gasteiger partial charge is 0.416 e. The SMILES string of the molecule is CCOC(=O)C1=C(C)N(c2cccc(C(F)(F)F)c2)c2ncnn2[C@@H]1c1ccc(C#N)cc1. The van der Waals surface area contributed by atoms with E-state index in [4.69, 9.17) is 10.00 Å². The van der Waals surface area contributed by atoms with Crippen LogP contribution in [-0.4, -0.2) is 27.3 Å². The van der Waals surface area contributed by atoms with Crippen molar-refractivity contribution in [3.05, 3.63) is 82.8 Å². The molecule has 0 spiro atoms. The summed E-state index contributed by atoms with van der Waals surface area (Å²) in [5.74, 6) is -0.378. The van der Waals surface area contributed by atoms with Gasteiger partial charge >= 0.3 is 12.1 Å². The number of fused-ring (bicyclic) bond motifs is 1. The molecule has 0 unspecified atom stereocenters. The minimum atomic E-state index is -4.54. The van der Waals surface area contributed by atoms with Crippen molar-refractivity contribution in [3.63, 3.8) is 0 Å². The van der Waals surface area contributed by atoms with Crippen molar-refractivity contribution >= 4 is 17.6 Å². The number of aromatic nitrogens is 3. The molecule has 168 valence electrons. The molecule has 4 rings (SSSR count). The number of ether oxygens (including phenoxy) is 1. The molecule has 2 aromatic carbocycles. The maximum Gasteiger partial charge on any atom is 0.416 e. The molecular formula is C23H18F3N5O2. The van der Waals surface area contributed by atoms with Crippen molar-refractivity contribution in [2.24, 2.45) is 0 Å². The average molecular weight is 453 g/mol. The van der Waals surface area contributed by atoms with Gasteiger partial charge in [0.15, 0.2) is 0 Å². The number of hydrogen-bond donors (Lipinski definition) is 0. The predicted molar refractivity (Wildman–Crippen MR) is 112 cm³/mol. The first-order valence-electron chi connectivity index (χ1n) is 10.0. The molecular weight excluding hydrogens is 435 g/mol. The first-order valence-corrected chi connectivity index (χ1v) is 10.0. The maximum absolute atomic E-state index is 13.4. The van der Waals surface area contributed by atoms with E-state index in [1.807, 2.05) is 6.07 Å². The van der Waals surface area contributed by atoms with E-state index < -0.39 is 23.8 Å². The van der Waals surface area contributed by atoms with Gasteiger partial charge in [-0.15, -0.1) is 0 Å². The summed E-state index contributed by atoms with van der Waals surface area (Å²) < 4.78 is 46.8. The molecule has 0 bridgehead atoms. The molecule has 7 nitrogen and oxygen atoms in total. The Morgan fingerprint density at radius 3 is 2.58 bits per heavy atom. The lowest BCUT2D eigenvalue weighted by molar-refractivity contribution is -0.139. The lowest BCUT2D eigenvalue weighted by Gasteiger charge is -2.35. The highest BCUT2D eigenvalue weighted by atomic mass is 19.4. The van der Waals surface area contributed by atoms with Gasteiger partial charge in [0, 0.05) is 11.4 Å². The Morgan fingerprint density at radius 1 is 1.21 bits per heavy atom. The summed E-state index contributed by atoms with van der Waals surface area (Å²) in [5.41, 5.74) is 1.01. The number of carbonyl (C=O) groups is 1. The normalized spacial score (nSPS) is 15.8. The van der Waals surface area contributed by atoms with Crippen molar-refractivity contribution in [2.45, 2.75) is 26.1 Å². The van der Waals surface area contributed by atoms with Gasteiger partial charge in [-0.25, -0.2) is 9.48 Å². The zero-order chi connectivity index (χ0) is 23.8. The van der Waals surface area contributed by atoms with Gasteiger partial charge in [-0.1, -0.05) is 18.2 Å². The largest absolute Gasteiger partial charge is 0.463 e. The second kappa shape index (κ2) is 8.43. The third kappa shape index (κ3) is 3.93. The van der Waals surface area contributed by atoms with Crippen LogP contribution in [0.25, 0.3) is 0 Å². The van der Waals surface area contributed by atoms with Crippen LogP contribution in [0.5, 0.6) is 0 Å². The van der Waals surface area contributed by atoms with Gasteiger partial charge < -0.3 is 4.74 Å². The zero-order valence-corrected chi connectivity index (χ0v) is 17.7. The number of nitriles is 1. The quantitative estimate of drug-likeness (QED) is 0.531. The number of rotatable bonds is 4. The number of allylic oxidation sites excluding steroid dienone is 1. The fourth-order valence-corrected chi connectivity index (χ4v) is 3.82. The standard InChI is InChI=1S/C23H18F3N5O2/c1-3-33-21(32)19-14(2)30(18-6-4-5-17(11-18)23(24,25)26)22-28-13-29-31(22)20(19)16-9-7-15(12-27)8-10-16/h4-11,13,20H,3H2,1-2H3/t20-/m1/s1. The maximum atomic E-state index is 13.4. The molecule has 1 aromatic heterocycles. The van der Waals surface area contributed by atoms with E-state index >= 15 is 0 Å². The van der Waals surface area contributed by atoms with Gasteiger partial charge in [0.2, 0.25) is 5.95 Å². The molecule has 0 aliphatic carbocycles. The van der Waals surface area contributed by atoms with E-state index in [2.05, 4.69) is 10.1 Å². The summed E-state index contributed by atoms with van der Waals surface area (Å²) in [6, 6.07) is 12.7. The second-order valence-electron chi connectivity index (χ2n) is 7.24. The van der Waals surface area contributed by atoms with Crippen molar-refractivity contribution in [1.82, 2.24) is 14.8 Å². The number of hydrogen-bond acceptors (Lipinski definition) is 6. The minimum absolute atomic E-state index is 0.115. The van der Waals surface area contributed by atoms with Gasteiger partial charge in [0.05, 0.1) is 29.4 Å². The lowest BCUT2D eigenvalue weighted by Crippen LogP contribution is -2.34. The highest BCUT2D eigenvalue weighted by molar-refractivity contribution is 5.93. The van der Waals surface area contributed by atoms with Gasteiger partial charge in [-0.2, -0.15) is 28.5 Å². The van der Waals surface area contributed by atoms with E-state index in [-0.39, 0.29) is 23.8 Å². The molecule has 0 saturated heterocycles. The Hall–Kier alpha value is -4.13. The third-order valence-electron chi connectivity index (χ3n) is 5.28. The van der Waals surface area contributed by atoms with Gasteiger partial charge in [0.1, 0.15) is 12.4 Å². The topological polar surface area (TPSA) is 84.0 Å². The van der Waals surface area contributed by atoms with Crippen LogP contribution in [0.3, 0.4) is 0 Å². The number of esters is 1. The summed E-state index contributed by atoms with van der Waals surface area (Å²) in [5, 5.41) is 13.4. The van der Waals surface area contributed by atoms with Crippen LogP contribution in [0.1, 0.15) is 36.6 Å². The fourth-order valence-electron chi connectivity index (χ4n) is 3.82. The molecule has 1 aliphatic rings. The molecule has 0 fully saturated rings. The Morgan fingerprint density at radius 2 is 1.94 bits per heavy atom. The monoisotopic (exact) mass is 453 g/mol. The molecule has 2 heterocycles. The third-order valence-corrected chi connectivity index (χ3v) is 5.28. The lowest BCUT2D eigenvalue weighted by atomic mass is 9.94. The molecule has 10 heteroatoms. The summed E-state index contributed by atoms with van der Waals surface area (Å²) in [4.78, 5) is 18.8. The predicted octanol–water partition coefficient (Wildman–Crippen LogP) is 4.75. The van der Waals surface area contributed by atoms with E-state index in [0.29, 0.717) is 16.8 Å². The number of anilines is 2. The Labute approximate surface area is 187 Å². The fraction of sp³-hybridized carbons (Fsp3) is 0.217. The first kappa shape index (κ1) is 22.1. The highest BCUT2D eigenvalue weighted by Gasteiger charge is 2.39. The van der Waals surface area contributed by atoms with E-state index in [1.54, 1.807) is 38.1 Å². The summed E-state index contributed by atoms with van der Waals surface area (Å²) in [6.07, 6.45) is -3.26. The minimum Gasteiger partial charge on any atom is -0.463 e. The molecule has 1 atom stereocenters. The van der Waals surface area contributed by atoms with Crippen LogP contribution < -0.4 is 4.90 Å². The van der Waals surface area contributed by atoms with Crippen LogP contribution in [0.4, 0.5) is 24.8 Å². The van der Waals surface area contributed by atoms with Crippen molar-refractivity contribution in [2.75, 3.05) is 11.5 Å². The summed E-state index contributed by atoms with van der Waals surface area (Å²) in [6.45, 7) is 3.41. The Bertz CT molecular complexity index is 1270. The van der Waals surface area contributed by atoms with Crippen molar-refractivity contribution in [1.29, 1.82) is 5.26 Å². The van der Waals surface area contributed by atoms with E-state index in [0.717, 1.165) is 12.1 Å². The van der Waals surface area contributed by atoms with Crippen LogP contribution in [0.2, 0.25) is 0 Å². The zero-order valence-electron chi connectivity index (χ0n) is 17.7. The average Bonchev–Trinajstić information content (AvgIpc) is 3.27. The molecule has 0 radical (unpaired) electrons. The Kier molecular flexibility index (Phi) is 5.64. The summed E-state index contributed by atoms with van der Waals surface area (Å²) in [7, 11) is 0. The van der Waals surface area contributed by atoms with E-state index in [9.17, 15) is 18.0 Å². The van der Waals surface area contributed by atoms with Gasteiger partial charge in [-0.3, -0.25) is 4.90 Å². The van der Waals surface area contributed by atoms with Crippen LogP contribution in [0, 0.1) is 11.3 Å². The van der Waals surface area contributed by atoms with Crippen LogP contribution >= 0.6 is 0 Å². The first-order chi connectivity index (χ1) is 15.8. The molecule has 1 aliphatic heterocycles. The second-order valence-corrected chi connectivity index (χ2v) is 7.24. The number of alkyl halides is 3. The van der Waals surface area contributed by atoms with E-state index in [1.165, 1.54) is 28.0 Å². The number of carbonyl (C=O) groups excluding carboxylic acids is 1. The van der Waals surface area contributed by atoms with Gasteiger partial charge in [0.25, 0.3) is 0 Å². The van der Waals surface area contributed by atoms with Gasteiger partial charge in [-0.05, 0) is 49.7 Å². The molecule has 0 amide bonds.